The Morgan fingerprint density at radius 1 is 1.40 bits per heavy atom. The molecule has 3 aliphatic rings. The Morgan fingerprint density at radius 2 is 2.10 bits per heavy atom. The molecule has 0 aromatic heterocycles. The van der Waals surface area contributed by atoms with Crippen molar-refractivity contribution in [3.63, 3.8) is 0 Å². The summed E-state index contributed by atoms with van der Waals surface area (Å²) >= 11 is 0. The maximum absolute atomic E-state index is 12.4. The molecule has 5 nitrogen and oxygen atoms in total. The van der Waals surface area contributed by atoms with E-state index in [1.807, 2.05) is 20.8 Å². The fourth-order valence-corrected chi connectivity index (χ4v) is 6.16. The molecule has 6 heteroatoms. The van der Waals surface area contributed by atoms with E-state index in [2.05, 4.69) is 5.32 Å². The summed E-state index contributed by atoms with van der Waals surface area (Å²) in [6, 6.07) is 0.0610. The van der Waals surface area contributed by atoms with Crippen molar-refractivity contribution in [3.8, 4) is 0 Å². The first kappa shape index (κ1) is 14.5. The number of carbonyl (C=O) groups excluding carboxylic acids is 1. The molecule has 2 aliphatic carbocycles. The first-order valence-corrected chi connectivity index (χ1v) is 8.93. The van der Waals surface area contributed by atoms with Gasteiger partial charge in [0, 0.05) is 19.0 Å². The van der Waals surface area contributed by atoms with Crippen molar-refractivity contribution in [1.82, 2.24) is 5.32 Å². The van der Waals surface area contributed by atoms with E-state index in [9.17, 15) is 13.2 Å². The number of fused-ring (bicyclic) bond motifs is 2. The molecule has 1 aliphatic heterocycles. The molecule has 0 aromatic rings. The quantitative estimate of drug-likeness (QED) is 0.787. The lowest BCUT2D eigenvalue weighted by Gasteiger charge is -2.38. The van der Waals surface area contributed by atoms with Crippen LogP contribution in [0.25, 0.3) is 0 Å². The van der Waals surface area contributed by atoms with Crippen LogP contribution in [-0.4, -0.2) is 38.6 Å². The van der Waals surface area contributed by atoms with Crippen molar-refractivity contribution in [2.75, 3.05) is 12.3 Å². The van der Waals surface area contributed by atoms with Crippen LogP contribution in [0.4, 0.5) is 0 Å². The molecular weight excluding hydrogens is 278 g/mol. The van der Waals surface area contributed by atoms with Gasteiger partial charge in [-0.3, -0.25) is 8.98 Å². The van der Waals surface area contributed by atoms with E-state index < -0.39 is 15.5 Å². The maximum atomic E-state index is 12.4. The molecule has 2 unspecified atom stereocenters. The maximum Gasteiger partial charge on any atom is 0.268 e. The van der Waals surface area contributed by atoms with Gasteiger partial charge in [0.2, 0.25) is 0 Å². The molecule has 4 atom stereocenters. The smallest absolute Gasteiger partial charge is 0.268 e. The standard InChI is InChI=1S/C14H23NO4S/c1-9-11(7-15-9)19-20(17,18)8-14-5-4-10(6-12(14)16)13(14,2)3/h9-11,15H,4-8H2,1-3H3/t9-,10?,11+,14?/m0/s1. The number of rotatable bonds is 4. The lowest BCUT2D eigenvalue weighted by molar-refractivity contribution is -0.128. The Labute approximate surface area is 120 Å². The van der Waals surface area contributed by atoms with Crippen molar-refractivity contribution in [3.05, 3.63) is 0 Å². The largest absolute Gasteiger partial charge is 0.309 e. The highest BCUT2D eigenvalue weighted by Crippen LogP contribution is 2.64. The minimum Gasteiger partial charge on any atom is -0.309 e. The van der Waals surface area contributed by atoms with E-state index in [0.717, 1.165) is 6.42 Å². The predicted octanol–water partition coefficient (Wildman–Crippen LogP) is 1.09. The molecule has 114 valence electrons. The monoisotopic (exact) mass is 301 g/mol. The second kappa shape index (κ2) is 4.27. The molecule has 1 saturated heterocycles. The van der Waals surface area contributed by atoms with Crippen molar-refractivity contribution in [2.45, 2.75) is 52.2 Å². The third kappa shape index (κ3) is 1.88. The zero-order valence-electron chi connectivity index (χ0n) is 12.3. The van der Waals surface area contributed by atoms with E-state index in [1.165, 1.54) is 0 Å². The van der Waals surface area contributed by atoms with Crippen LogP contribution in [0.3, 0.4) is 0 Å². The minimum atomic E-state index is -3.67. The van der Waals surface area contributed by atoms with E-state index in [1.54, 1.807) is 0 Å². The highest BCUT2D eigenvalue weighted by atomic mass is 32.2. The van der Waals surface area contributed by atoms with Crippen LogP contribution in [0.1, 0.15) is 40.0 Å². The van der Waals surface area contributed by atoms with Crippen molar-refractivity contribution in [1.29, 1.82) is 0 Å². The number of nitrogens with one attached hydrogen (secondary N) is 1. The summed E-state index contributed by atoms with van der Waals surface area (Å²) in [5.41, 5.74) is -0.957. The normalized spacial score (nSPS) is 42.8. The average molecular weight is 301 g/mol. The summed E-state index contributed by atoms with van der Waals surface area (Å²) in [6.07, 6.45) is 1.89. The topological polar surface area (TPSA) is 72.5 Å². The molecular formula is C14H23NO4S. The van der Waals surface area contributed by atoms with Gasteiger partial charge in [0.05, 0.1) is 11.2 Å². The molecule has 0 spiro atoms. The zero-order valence-corrected chi connectivity index (χ0v) is 13.1. The third-order valence-corrected chi connectivity index (χ3v) is 7.42. The van der Waals surface area contributed by atoms with Gasteiger partial charge in [-0.25, -0.2) is 0 Å². The van der Waals surface area contributed by atoms with Gasteiger partial charge < -0.3 is 5.32 Å². The molecule has 20 heavy (non-hydrogen) atoms. The van der Waals surface area contributed by atoms with Gasteiger partial charge in [-0.1, -0.05) is 13.8 Å². The van der Waals surface area contributed by atoms with Gasteiger partial charge in [0.25, 0.3) is 10.1 Å². The van der Waals surface area contributed by atoms with Gasteiger partial charge in [0.1, 0.15) is 11.9 Å². The van der Waals surface area contributed by atoms with E-state index in [-0.39, 0.29) is 29.1 Å². The van der Waals surface area contributed by atoms with Crippen molar-refractivity contribution >= 4 is 15.9 Å². The van der Waals surface area contributed by atoms with Gasteiger partial charge >= 0.3 is 0 Å². The molecule has 3 rings (SSSR count). The molecule has 2 saturated carbocycles. The Kier molecular flexibility index (Phi) is 3.09. The fraction of sp³-hybridized carbons (Fsp3) is 0.929. The van der Waals surface area contributed by atoms with E-state index in [4.69, 9.17) is 4.18 Å². The van der Waals surface area contributed by atoms with Gasteiger partial charge in [-0.15, -0.1) is 0 Å². The number of Topliss-reactive ketones (excluding diaryl/α,β-unsaturated/α-hetero) is 1. The summed E-state index contributed by atoms with van der Waals surface area (Å²) in [5.74, 6) is 0.297. The summed E-state index contributed by atoms with van der Waals surface area (Å²) < 4.78 is 30.0. The Morgan fingerprint density at radius 3 is 2.50 bits per heavy atom. The summed E-state index contributed by atoms with van der Waals surface area (Å²) in [4.78, 5) is 12.4. The lowest BCUT2D eigenvalue weighted by Crippen LogP contribution is -2.58. The molecule has 2 bridgehead atoms. The molecule has 1 heterocycles. The third-order valence-electron chi connectivity index (χ3n) is 6.03. The van der Waals surface area contributed by atoms with Crippen LogP contribution in [0.5, 0.6) is 0 Å². The zero-order chi connectivity index (χ0) is 14.8. The molecule has 0 amide bonds. The number of hydrogen-bond acceptors (Lipinski definition) is 5. The van der Waals surface area contributed by atoms with Crippen molar-refractivity contribution < 1.29 is 17.4 Å². The Balaban J connectivity index is 1.81. The fourth-order valence-electron chi connectivity index (χ4n) is 4.20. The Hall–Kier alpha value is -0.460. The van der Waals surface area contributed by atoms with Crippen LogP contribution < -0.4 is 5.32 Å². The highest BCUT2D eigenvalue weighted by molar-refractivity contribution is 7.86. The molecule has 3 fully saturated rings. The average Bonchev–Trinajstić information content (AvgIpc) is 2.68. The molecule has 0 aromatic carbocycles. The van der Waals surface area contributed by atoms with Crippen molar-refractivity contribution in [2.24, 2.45) is 16.7 Å². The molecule has 1 N–H and O–H groups in total. The van der Waals surface area contributed by atoms with Crippen LogP contribution >= 0.6 is 0 Å². The van der Waals surface area contributed by atoms with Gasteiger partial charge in [-0.2, -0.15) is 8.42 Å². The van der Waals surface area contributed by atoms with E-state index >= 15 is 0 Å². The first-order valence-electron chi connectivity index (χ1n) is 7.36. The predicted molar refractivity (Wildman–Crippen MR) is 74.7 cm³/mol. The number of ketones is 1. The van der Waals surface area contributed by atoms with Crippen LogP contribution in [0, 0.1) is 16.7 Å². The second-order valence-electron chi connectivity index (χ2n) is 7.20. The van der Waals surface area contributed by atoms with Crippen LogP contribution in [-0.2, 0) is 19.1 Å². The van der Waals surface area contributed by atoms with E-state index in [0.29, 0.717) is 25.3 Å². The first-order chi connectivity index (χ1) is 9.18. The van der Waals surface area contributed by atoms with Gasteiger partial charge in [-0.05, 0) is 31.1 Å². The summed E-state index contributed by atoms with van der Waals surface area (Å²) in [7, 11) is -3.67. The Bertz CT molecular complexity index is 541. The lowest BCUT2D eigenvalue weighted by atomic mass is 9.70. The van der Waals surface area contributed by atoms with Crippen LogP contribution in [0.2, 0.25) is 0 Å². The van der Waals surface area contributed by atoms with Crippen LogP contribution in [0.15, 0.2) is 0 Å². The second-order valence-corrected chi connectivity index (χ2v) is 8.80. The number of hydrogen-bond donors (Lipinski definition) is 1. The number of carbonyl (C=O) groups is 1. The van der Waals surface area contributed by atoms with Gasteiger partial charge in [0.15, 0.2) is 0 Å². The minimum absolute atomic E-state index is 0.0610. The summed E-state index contributed by atoms with van der Waals surface area (Å²) in [5, 5.41) is 3.08. The SMILES string of the molecule is C[C@@H]1NC[C@H]1OS(=O)(=O)CC12CCC(CC1=O)C2(C)C. The molecule has 0 radical (unpaired) electrons. The highest BCUT2D eigenvalue weighted by Gasteiger charge is 2.65. The summed E-state index contributed by atoms with van der Waals surface area (Å²) in [6.45, 7) is 6.54.